The Hall–Kier alpha value is -2.10. The summed E-state index contributed by atoms with van der Waals surface area (Å²) < 4.78 is 25.1. The van der Waals surface area contributed by atoms with Crippen LogP contribution in [0.3, 0.4) is 0 Å². The van der Waals surface area contributed by atoms with E-state index in [1.165, 1.54) is 18.7 Å². The zero-order valence-corrected chi connectivity index (χ0v) is 12.4. The molecule has 2 aromatic rings. The van der Waals surface area contributed by atoms with E-state index in [4.69, 9.17) is 0 Å². The van der Waals surface area contributed by atoms with Crippen LogP contribution in [0.15, 0.2) is 9.59 Å². The van der Waals surface area contributed by atoms with Crippen LogP contribution in [0.2, 0.25) is 0 Å². The van der Waals surface area contributed by atoms with Crippen LogP contribution in [0.25, 0.3) is 11.2 Å². The lowest BCUT2D eigenvalue weighted by Crippen LogP contribution is -2.36. The number of fused-ring (bicyclic) bond motifs is 1. The van der Waals surface area contributed by atoms with Crippen LogP contribution in [0, 0.1) is 0 Å². The Kier molecular flexibility index (Phi) is 2.94. The summed E-state index contributed by atoms with van der Waals surface area (Å²) >= 11 is 0. The van der Waals surface area contributed by atoms with Gasteiger partial charge in [-0.3, -0.25) is 13.9 Å². The van der Waals surface area contributed by atoms with Gasteiger partial charge in [0.1, 0.15) is 0 Å². The van der Waals surface area contributed by atoms with Gasteiger partial charge in [0.2, 0.25) is 5.95 Å². The molecule has 1 fully saturated rings. The van der Waals surface area contributed by atoms with E-state index in [1.807, 2.05) is 0 Å². The first-order valence-electron chi connectivity index (χ1n) is 6.41. The minimum Gasteiger partial charge on any atom is -0.352 e. The van der Waals surface area contributed by atoms with E-state index >= 15 is 0 Å². The van der Waals surface area contributed by atoms with Crippen molar-refractivity contribution in [2.24, 2.45) is 14.1 Å². The van der Waals surface area contributed by atoms with Crippen molar-refractivity contribution in [2.75, 3.05) is 16.8 Å². The molecule has 0 saturated carbocycles. The fraction of sp³-hybridized carbons (Fsp3) is 0.545. The van der Waals surface area contributed by atoms with Crippen LogP contribution < -0.4 is 16.6 Å². The van der Waals surface area contributed by atoms with Crippen LogP contribution in [-0.2, 0) is 23.9 Å². The summed E-state index contributed by atoms with van der Waals surface area (Å²) in [5.41, 5.74) is -0.476. The van der Waals surface area contributed by atoms with Crippen LogP contribution in [0.5, 0.6) is 0 Å². The molecule has 2 aromatic heterocycles. The molecular formula is C11H15N5O4S. The van der Waals surface area contributed by atoms with Crippen LogP contribution in [0.1, 0.15) is 6.42 Å². The number of nitrogens with one attached hydrogen (secondary N) is 2. The number of nitrogens with zero attached hydrogens (tertiary/aromatic N) is 3. The summed E-state index contributed by atoms with van der Waals surface area (Å²) in [6, 6.07) is -0.239. The highest BCUT2D eigenvalue weighted by Gasteiger charge is 2.28. The molecule has 1 aliphatic heterocycles. The van der Waals surface area contributed by atoms with Crippen molar-refractivity contribution in [2.45, 2.75) is 12.5 Å². The van der Waals surface area contributed by atoms with Gasteiger partial charge in [-0.25, -0.2) is 13.2 Å². The van der Waals surface area contributed by atoms with E-state index in [0.29, 0.717) is 12.4 Å². The second-order valence-corrected chi connectivity index (χ2v) is 7.46. The minimum absolute atomic E-state index is 0.0426. The monoisotopic (exact) mass is 313 g/mol. The van der Waals surface area contributed by atoms with Gasteiger partial charge in [-0.1, -0.05) is 0 Å². The summed E-state index contributed by atoms with van der Waals surface area (Å²) in [6.07, 6.45) is 0.496. The lowest BCUT2D eigenvalue weighted by Gasteiger charge is -2.08. The van der Waals surface area contributed by atoms with Gasteiger partial charge in [-0.15, -0.1) is 0 Å². The quantitative estimate of drug-likeness (QED) is 0.701. The highest BCUT2D eigenvalue weighted by atomic mass is 32.2. The molecule has 2 N–H and O–H groups in total. The molecule has 1 atom stereocenters. The number of hydrogen-bond acceptors (Lipinski definition) is 6. The number of sulfone groups is 1. The molecule has 1 aliphatic rings. The third-order valence-corrected chi connectivity index (χ3v) is 5.44. The fourth-order valence-electron chi connectivity index (χ4n) is 2.50. The van der Waals surface area contributed by atoms with E-state index in [2.05, 4.69) is 15.3 Å². The number of hydrogen-bond donors (Lipinski definition) is 2. The smallest absolute Gasteiger partial charge is 0.332 e. The molecule has 10 heteroatoms. The van der Waals surface area contributed by atoms with Gasteiger partial charge >= 0.3 is 5.69 Å². The normalized spacial score (nSPS) is 21.0. The molecule has 3 heterocycles. The van der Waals surface area contributed by atoms with Gasteiger partial charge in [0.15, 0.2) is 21.0 Å². The summed E-state index contributed by atoms with van der Waals surface area (Å²) in [6.45, 7) is 0. The summed E-state index contributed by atoms with van der Waals surface area (Å²) in [5, 5.41) is 2.97. The highest BCUT2D eigenvalue weighted by molar-refractivity contribution is 7.91. The van der Waals surface area contributed by atoms with E-state index < -0.39 is 21.1 Å². The predicted molar refractivity (Wildman–Crippen MR) is 77.3 cm³/mol. The number of aromatic amines is 1. The third-order valence-electron chi connectivity index (χ3n) is 3.67. The number of aryl methyl sites for hydroxylation is 1. The first-order chi connectivity index (χ1) is 9.78. The molecule has 0 bridgehead atoms. The Morgan fingerprint density at radius 2 is 2.00 bits per heavy atom. The predicted octanol–water partition coefficient (Wildman–Crippen LogP) is -1.44. The van der Waals surface area contributed by atoms with Crippen molar-refractivity contribution in [3.63, 3.8) is 0 Å². The van der Waals surface area contributed by atoms with Crippen LogP contribution in [0.4, 0.5) is 5.95 Å². The van der Waals surface area contributed by atoms with Crippen LogP contribution >= 0.6 is 0 Å². The highest BCUT2D eigenvalue weighted by Crippen LogP contribution is 2.16. The summed E-state index contributed by atoms with van der Waals surface area (Å²) in [7, 11) is -0.0876. The number of H-pyrrole nitrogens is 1. The number of imidazole rings is 1. The van der Waals surface area contributed by atoms with Gasteiger partial charge in [-0.05, 0) is 6.42 Å². The molecule has 3 rings (SSSR count). The first kappa shape index (κ1) is 13.9. The Bertz CT molecular complexity index is 936. The largest absolute Gasteiger partial charge is 0.352 e. The number of rotatable bonds is 2. The number of anilines is 1. The molecule has 21 heavy (non-hydrogen) atoms. The van der Waals surface area contributed by atoms with Gasteiger partial charge in [0.05, 0.1) is 11.5 Å². The first-order valence-corrected chi connectivity index (χ1v) is 8.23. The second-order valence-electron chi connectivity index (χ2n) is 5.23. The Labute approximate surface area is 119 Å². The molecule has 1 saturated heterocycles. The molecule has 9 nitrogen and oxygen atoms in total. The van der Waals surface area contributed by atoms with Crippen molar-refractivity contribution in [1.29, 1.82) is 0 Å². The van der Waals surface area contributed by atoms with Gasteiger partial charge in [0.25, 0.3) is 5.56 Å². The Balaban J connectivity index is 2.03. The van der Waals surface area contributed by atoms with E-state index in [-0.39, 0.29) is 28.7 Å². The van der Waals surface area contributed by atoms with Crippen molar-refractivity contribution in [1.82, 2.24) is 19.1 Å². The minimum atomic E-state index is -3.00. The number of aromatic nitrogens is 4. The Morgan fingerprint density at radius 1 is 1.29 bits per heavy atom. The molecule has 0 amide bonds. The van der Waals surface area contributed by atoms with Crippen LogP contribution in [-0.4, -0.2) is 45.1 Å². The SMILES string of the molecule is Cn1c(=O)c2[nH]c(NC3CCS(=O)(=O)C3)nc2n(C)c1=O. The maximum absolute atomic E-state index is 12.0. The molecule has 0 spiro atoms. The lowest BCUT2D eigenvalue weighted by molar-refractivity contribution is 0.602. The van der Waals surface area contributed by atoms with Gasteiger partial charge in [-0.2, -0.15) is 4.98 Å². The molecule has 114 valence electrons. The zero-order valence-electron chi connectivity index (χ0n) is 11.6. The molecule has 0 aromatic carbocycles. The van der Waals surface area contributed by atoms with Crippen molar-refractivity contribution >= 4 is 26.9 Å². The average Bonchev–Trinajstić information content (AvgIpc) is 2.98. The molecule has 0 radical (unpaired) electrons. The van der Waals surface area contributed by atoms with Crippen molar-refractivity contribution in [3.05, 3.63) is 20.8 Å². The zero-order chi connectivity index (χ0) is 15.4. The Morgan fingerprint density at radius 3 is 2.62 bits per heavy atom. The van der Waals surface area contributed by atoms with Gasteiger partial charge in [0, 0.05) is 20.1 Å². The van der Waals surface area contributed by atoms with E-state index in [0.717, 1.165) is 4.57 Å². The molecule has 0 aliphatic carbocycles. The maximum Gasteiger partial charge on any atom is 0.332 e. The van der Waals surface area contributed by atoms with Crippen molar-refractivity contribution in [3.8, 4) is 0 Å². The fourth-order valence-corrected chi connectivity index (χ4v) is 4.17. The summed E-state index contributed by atoms with van der Waals surface area (Å²) in [5.74, 6) is 0.483. The summed E-state index contributed by atoms with van der Waals surface area (Å²) in [4.78, 5) is 30.8. The molecular weight excluding hydrogens is 298 g/mol. The maximum atomic E-state index is 12.0. The standard InChI is InChI=1S/C11H15N5O4S/c1-15-8-7(9(17)16(2)11(15)18)13-10(14-8)12-6-3-4-21(19,20)5-6/h6H,3-5H2,1-2H3,(H2,12,13,14). The van der Waals surface area contributed by atoms with Gasteiger partial charge < -0.3 is 10.3 Å². The lowest BCUT2D eigenvalue weighted by atomic mass is 10.3. The van der Waals surface area contributed by atoms with E-state index in [9.17, 15) is 18.0 Å². The average molecular weight is 313 g/mol. The third kappa shape index (κ3) is 2.24. The second kappa shape index (κ2) is 4.45. The molecule has 1 unspecified atom stereocenters. The van der Waals surface area contributed by atoms with E-state index in [1.54, 1.807) is 0 Å². The topological polar surface area (TPSA) is 119 Å². The van der Waals surface area contributed by atoms with Crippen molar-refractivity contribution < 1.29 is 8.42 Å².